The Bertz CT molecular complexity index is 641. The molecule has 0 N–H and O–H groups in total. The Morgan fingerprint density at radius 2 is 1.32 bits per heavy atom. The van der Waals surface area contributed by atoms with Gasteiger partial charge >= 0.3 is 0 Å². The van der Waals surface area contributed by atoms with Gasteiger partial charge in [0.05, 0.1) is 0 Å². The van der Waals surface area contributed by atoms with E-state index in [0.717, 1.165) is 12.8 Å². The molecule has 0 atom stereocenters. The highest BCUT2D eigenvalue weighted by Gasteiger charge is 2.06. The molecule has 0 saturated carbocycles. The van der Waals surface area contributed by atoms with Gasteiger partial charge in [-0.1, -0.05) is 68.3 Å². The summed E-state index contributed by atoms with van der Waals surface area (Å²) in [5.41, 5.74) is 1.50. The summed E-state index contributed by atoms with van der Waals surface area (Å²) in [7, 11) is 0. The van der Waals surface area contributed by atoms with Gasteiger partial charge < -0.3 is 0 Å². The average Bonchev–Trinajstić information content (AvgIpc) is 2.46. The monoisotopic (exact) mass is 247 g/mol. The minimum Gasteiger partial charge on any atom is -0.0616 e. The largest absolute Gasteiger partial charge is 0.0616 e. The molecule has 0 bridgehead atoms. The summed E-state index contributed by atoms with van der Waals surface area (Å²) in [5, 5.41) is 5.52. The molecule has 19 heavy (non-hydrogen) atoms. The van der Waals surface area contributed by atoms with Crippen LogP contribution < -0.4 is 0 Å². The molecule has 3 aromatic carbocycles. The molecule has 0 saturated heterocycles. The summed E-state index contributed by atoms with van der Waals surface area (Å²) in [6.45, 7) is 3.94. The van der Waals surface area contributed by atoms with Crippen LogP contribution in [0.2, 0.25) is 0 Å². The van der Waals surface area contributed by atoms with Gasteiger partial charge in [-0.15, -0.1) is 0 Å². The van der Waals surface area contributed by atoms with Gasteiger partial charge in [-0.2, -0.15) is 0 Å². The molecule has 0 nitrogen and oxygen atoms in total. The van der Waals surface area contributed by atoms with Crippen molar-refractivity contribution in [3.63, 3.8) is 0 Å². The number of fused-ring (bicyclic) bond motifs is 2. The van der Waals surface area contributed by atoms with E-state index in [4.69, 9.17) is 0 Å². The highest BCUT2D eigenvalue weighted by Crippen LogP contribution is 2.29. The lowest BCUT2D eigenvalue weighted by Gasteiger charge is -2.11. The van der Waals surface area contributed by atoms with Gasteiger partial charge in [-0.3, -0.25) is 0 Å². The van der Waals surface area contributed by atoms with Crippen LogP contribution >= 0.6 is 0 Å². The lowest BCUT2D eigenvalue weighted by Crippen LogP contribution is -1.90. The van der Waals surface area contributed by atoms with E-state index in [9.17, 15) is 0 Å². The molecule has 0 spiro atoms. The fraction of sp³-hybridized carbons (Fsp3) is 0.211. The number of benzene rings is 3. The molecule has 0 fully saturated rings. The van der Waals surface area contributed by atoms with E-state index < -0.39 is 0 Å². The van der Waals surface area contributed by atoms with E-state index in [-0.39, 0.29) is 0 Å². The first-order valence-corrected chi connectivity index (χ1v) is 7.09. The summed E-state index contributed by atoms with van der Waals surface area (Å²) in [4.78, 5) is 0. The van der Waals surface area contributed by atoms with Crippen molar-refractivity contribution in [2.75, 3.05) is 0 Å². The second-order valence-corrected chi connectivity index (χ2v) is 5.11. The first-order valence-electron chi connectivity index (χ1n) is 7.09. The smallest absolute Gasteiger partial charge is 0.0146 e. The van der Waals surface area contributed by atoms with Crippen LogP contribution in [0.15, 0.2) is 54.6 Å². The summed E-state index contributed by atoms with van der Waals surface area (Å²) in [5.74, 6) is 0. The first-order chi connectivity index (χ1) is 9.40. The van der Waals surface area contributed by atoms with E-state index >= 15 is 0 Å². The summed E-state index contributed by atoms with van der Waals surface area (Å²) in [6.07, 6.45) is 4.61. The SMILES string of the molecule is [CH2]CCCCc1c2ccccc2cc2ccccc12. The van der Waals surface area contributed by atoms with Crippen LogP contribution in [0.1, 0.15) is 24.8 Å². The van der Waals surface area contributed by atoms with Crippen LogP contribution in [0.25, 0.3) is 21.5 Å². The Morgan fingerprint density at radius 3 is 1.89 bits per heavy atom. The number of aryl methyl sites for hydroxylation is 1. The zero-order valence-electron chi connectivity index (χ0n) is 11.2. The standard InChI is InChI=1S/C19H19/c1-2-3-4-13-19-17-11-7-5-9-15(17)14-16-10-6-8-12-18(16)19/h5-12,14H,1-4,13H2. The topological polar surface area (TPSA) is 0 Å². The van der Waals surface area contributed by atoms with Crippen molar-refractivity contribution in [2.24, 2.45) is 0 Å². The van der Waals surface area contributed by atoms with Crippen molar-refractivity contribution >= 4 is 21.5 Å². The van der Waals surface area contributed by atoms with Gasteiger partial charge in [0.1, 0.15) is 0 Å². The second-order valence-electron chi connectivity index (χ2n) is 5.11. The van der Waals surface area contributed by atoms with E-state index in [2.05, 4.69) is 61.5 Å². The molecule has 0 unspecified atom stereocenters. The Kier molecular flexibility index (Phi) is 3.50. The van der Waals surface area contributed by atoms with E-state index in [1.165, 1.54) is 39.9 Å². The molecular formula is C19H19. The Balaban J connectivity index is 2.21. The van der Waals surface area contributed by atoms with Crippen LogP contribution in [0.5, 0.6) is 0 Å². The van der Waals surface area contributed by atoms with Gasteiger partial charge in [-0.25, -0.2) is 0 Å². The molecule has 0 aliphatic heterocycles. The number of hydrogen-bond donors (Lipinski definition) is 0. The predicted molar refractivity (Wildman–Crippen MR) is 84.4 cm³/mol. The van der Waals surface area contributed by atoms with Crippen molar-refractivity contribution in [2.45, 2.75) is 25.7 Å². The highest BCUT2D eigenvalue weighted by atomic mass is 14.1. The van der Waals surface area contributed by atoms with Gasteiger partial charge in [0.2, 0.25) is 0 Å². The lowest BCUT2D eigenvalue weighted by atomic mass is 9.93. The minimum atomic E-state index is 1.03. The Hall–Kier alpha value is -1.82. The fourth-order valence-electron chi connectivity index (χ4n) is 2.86. The lowest BCUT2D eigenvalue weighted by molar-refractivity contribution is 0.751. The molecule has 0 amide bonds. The molecule has 3 rings (SSSR count). The molecule has 0 heterocycles. The van der Waals surface area contributed by atoms with E-state index in [0.29, 0.717) is 0 Å². The zero-order chi connectivity index (χ0) is 13.1. The molecule has 0 aromatic heterocycles. The van der Waals surface area contributed by atoms with Gasteiger partial charge in [0, 0.05) is 0 Å². The fourth-order valence-corrected chi connectivity index (χ4v) is 2.86. The molecule has 3 aromatic rings. The van der Waals surface area contributed by atoms with Gasteiger partial charge in [-0.05, 0) is 46.0 Å². The van der Waals surface area contributed by atoms with Gasteiger partial charge in [0.25, 0.3) is 0 Å². The van der Waals surface area contributed by atoms with Crippen molar-refractivity contribution < 1.29 is 0 Å². The maximum absolute atomic E-state index is 3.94. The first kappa shape index (κ1) is 12.2. The third-order valence-corrected chi connectivity index (χ3v) is 3.81. The van der Waals surface area contributed by atoms with Crippen molar-refractivity contribution in [1.29, 1.82) is 0 Å². The second kappa shape index (κ2) is 5.44. The van der Waals surface area contributed by atoms with E-state index in [1.807, 2.05) is 0 Å². The Labute approximate surface area is 115 Å². The molecule has 1 radical (unpaired) electrons. The summed E-state index contributed by atoms with van der Waals surface area (Å²) >= 11 is 0. The number of rotatable bonds is 4. The van der Waals surface area contributed by atoms with Crippen molar-refractivity contribution in [3.8, 4) is 0 Å². The molecule has 0 aliphatic rings. The van der Waals surface area contributed by atoms with Crippen molar-refractivity contribution in [3.05, 3.63) is 67.1 Å². The molecule has 0 aliphatic carbocycles. The summed E-state index contributed by atoms with van der Waals surface area (Å²) < 4.78 is 0. The van der Waals surface area contributed by atoms with Crippen LogP contribution in [0.3, 0.4) is 0 Å². The van der Waals surface area contributed by atoms with Crippen LogP contribution in [-0.4, -0.2) is 0 Å². The maximum atomic E-state index is 3.94. The normalized spacial score (nSPS) is 11.2. The minimum absolute atomic E-state index is 1.03. The summed E-state index contributed by atoms with van der Waals surface area (Å²) in [6, 6.07) is 19.8. The number of unbranched alkanes of at least 4 members (excludes halogenated alkanes) is 2. The molecular weight excluding hydrogens is 228 g/mol. The zero-order valence-corrected chi connectivity index (χ0v) is 11.2. The predicted octanol–water partition coefficient (Wildman–Crippen LogP) is 5.54. The maximum Gasteiger partial charge on any atom is -0.0146 e. The van der Waals surface area contributed by atoms with Crippen LogP contribution in [-0.2, 0) is 6.42 Å². The quantitative estimate of drug-likeness (QED) is 0.419. The molecule has 95 valence electrons. The Morgan fingerprint density at radius 1 is 0.737 bits per heavy atom. The van der Waals surface area contributed by atoms with Crippen LogP contribution in [0.4, 0.5) is 0 Å². The van der Waals surface area contributed by atoms with Crippen LogP contribution in [0, 0.1) is 6.92 Å². The highest BCUT2D eigenvalue weighted by molar-refractivity contribution is 6.02. The third kappa shape index (κ3) is 2.35. The number of hydrogen-bond acceptors (Lipinski definition) is 0. The molecule has 0 heteroatoms. The average molecular weight is 247 g/mol. The third-order valence-electron chi connectivity index (χ3n) is 3.81. The van der Waals surface area contributed by atoms with E-state index in [1.54, 1.807) is 0 Å². The van der Waals surface area contributed by atoms with Crippen molar-refractivity contribution in [1.82, 2.24) is 0 Å². The van der Waals surface area contributed by atoms with Gasteiger partial charge in [0.15, 0.2) is 0 Å².